The van der Waals surface area contributed by atoms with E-state index in [0.717, 1.165) is 11.3 Å². The largest absolute Gasteiger partial charge is 0.496 e. The lowest BCUT2D eigenvalue weighted by Crippen LogP contribution is -2.41. The average Bonchev–Trinajstić information content (AvgIpc) is 2.41. The second-order valence-corrected chi connectivity index (χ2v) is 6.64. The molecule has 0 amide bonds. The zero-order valence-electron chi connectivity index (χ0n) is 14.8. The van der Waals surface area contributed by atoms with Gasteiger partial charge in [0, 0.05) is 12.2 Å². The number of aryl methyl sites for hydroxylation is 1. The molecule has 0 aliphatic heterocycles. The third kappa shape index (κ3) is 3.98. The van der Waals surface area contributed by atoms with Gasteiger partial charge in [-0.05, 0) is 44.4 Å². The fourth-order valence-electron chi connectivity index (χ4n) is 2.82. The number of ether oxygens (including phenoxy) is 2. The van der Waals surface area contributed by atoms with Gasteiger partial charge < -0.3 is 14.8 Å². The molecular formula is C18H31NO2. The highest BCUT2D eigenvalue weighted by molar-refractivity contribution is 5.47. The molecule has 0 fully saturated rings. The van der Waals surface area contributed by atoms with Crippen LogP contribution in [-0.2, 0) is 4.74 Å². The van der Waals surface area contributed by atoms with Crippen LogP contribution in [0.15, 0.2) is 12.1 Å². The van der Waals surface area contributed by atoms with Crippen LogP contribution in [0.1, 0.15) is 50.4 Å². The number of hydrogen-bond acceptors (Lipinski definition) is 3. The van der Waals surface area contributed by atoms with E-state index in [2.05, 4.69) is 52.1 Å². The summed E-state index contributed by atoms with van der Waals surface area (Å²) >= 11 is 0. The van der Waals surface area contributed by atoms with Crippen LogP contribution in [0.4, 0.5) is 0 Å². The summed E-state index contributed by atoms with van der Waals surface area (Å²) in [5.74, 6) is 0.961. The molecule has 0 radical (unpaired) electrons. The Morgan fingerprint density at radius 3 is 2.24 bits per heavy atom. The van der Waals surface area contributed by atoms with E-state index in [1.807, 2.05) is 14.0 Å². The maximum absolute atomic E-state index is 6.07. The molecule has 1 N–H and O–H groups in total. The molecule has 0 aliphatic carbocycles. The molecule has 3 heteroatoms. The topological polar surface area (TPSA) is 30.5 Å². The maximum atomic E-state index is 6.07. The SMILES string of the molecule is CCOC(C(NC)c1ccc(C)c(C)c1OC)C(C)(C)C. The quantitative estimate of drug-likeness (QED) is 0.859. The number of nitrogens with one attached hydrogen (secondary N) is 1. The fourth-order valence-corrected chi connectivity index (χ4v) is 2.82. The normalized spacial score (nSPS) is 14.9. The van der Waals surface area contributed by atoms with Crippen LogP contribution in [0.25, 0.3) is 0 Å². The molecule has 1 aromatic carbocycles. The summed E-state index contributed by atoms with van der Waals surface area (Å²) < 4.78 is 11.8. The van der Waals surface area contributed by atoms with Gasteiger partial charge in [0.15, 0.2) is 0 Å². The minimum absolute atomic E-state index is 0.0352. The highest BCUT2D eigenvalue weighted by Crippen LogP contribution is 2.38. The van der Waals surface area contributed by atoms with Crippen LogP contribution in [0, 0.1) is 19.3 Å². The first kappa shape index (κ1) is 18.0. The highest BCUT2D eigenvalue weighted by Gasteiger charge is 2.34. The van der Waals surface area contributed by atoms with Crippen molar-refractivity contribution in [3.63, 3.8) is 0 Å². The van der Waals surface area contributed by atoms with Crippen molar-refractivity contribution in [3.8, 4) is 5.75 Å². The summed E-state index contributed by atoms with van der Waals surface area (Å²) in [6, 6.07) is 4.41. The second-order valence-electron chi connectivity index (χ2n) is 6.64. The Morgan fingerprint density at radius 1 is 1.19 bits per heavy atom. The van der Waals surface area contributed by atoms with Gasteiger partial charge >= 0.3 is 0 Å². The van der Waals surface area contributed by atoms with E-state index in [-0.39, 0.29) is 17.6 Å². The third-order valence-electron chi connectivity index (χ3n) is 4.06. The molecule has 0 aliphatic rings. The molecule has 120 valence electrons. The van der Waals surface area contributed by atoms with Crippen LogP contribution in [0.5, 0.6) is 5.75 Å². The second kappa shape index (κ2) is 7.28. The van der Waals surface area contributed by atoms with E-state index in [9.17, 15) is 0 Å². The molecule has 1 rings (SSSR count). The average molecular weight is 293 g/mol. The van der Waals surface area contributed by atoms with Gasteiger partial charge in [0.1, 0.15) is 5.75 Å². The molecule has 21 heavy (non-hydrogen) atoms. The molecule has 0 bridgehead atoms. The lowest BCUT2D eigenvalue weighted by atomic mass is 9.81. The predicted octanol–water partition coefficient (Wildman–Crippen LogP) is 4.02. The number of hydrogen-bond donors (Lipinski definition) is 1. The first-order valence-electron chi connectivity index (χ1n) is 7.70. The standard InChI is InChI=1S/C18H31NO2/c1-9-21-17(18(4,5)6)15(19-7)14-11-10-12(2)13(3)16(14)20-8/h10-11,15,17,19H,9H2,1-8H3. The Morgan fingerprint density at radius 2 is 1.81 bits per heavy atom. The van der Waals surface area contributed by atoms with E-state index in [0.29, 0.717) is 6.61 Å². The van der Waals surface area contributed by atoms with Crippen molar-refractivity contribution in [1.82, 2.24) is 5.32 Å². The van der Waals surface area contributed by atoms with E-state index >= 15 is 0 Å². The summed E-state index contributed by atoms with van der Waals surface area (Å²) in [6.45, 7) is 13.6. The van der Waals surface area contributed by atoms with Gasteiger partial charge in [0.05, 0.1) is 19.3 Å². The van der Waals surface area contributed by atoms with Crippen LogP contribution in [0.2, 0.25) is 0 Å². The van der Waals surface area contributed by atoms with Gasteiger partial charge in [-0.2, -0.15) is 0 Å². The number of likely N-dealkylation sites (N-methyl/N-ethyl adjacent to an activating group) is 1. The van der Waals surface area contributed by atoms with Crippen LogP contribution in [0.3, 0.4) is 0 Å². The smallest absolute Gasteiger partial charge is 0.126 e. The van der Waals surface area contributed by atoms with Gasteiger partial charge in [-0.15, -0.1) is 0 Å². The Labute approximate surface area is 130 Å². The van der Waals surface area contributed by atoms with Gasteiger partial charge in [-0.1, -0.05) is 32.9 Å². The maximum Gasteiger partial charge on any atom is 0.126 e. The first-order chi connectivity index (χ1) is 9.77. The van der Waals surface area contributed by atoms with Gasteiger partial charge in [-0.25, -0.2) is 0 Å². The molecular weight excluding hydrogens is 262 g/mol. The van der Waals surface area contributed by atoms with E-state index in [1.165, 1.54) is 11.1 Å². The Hall–Kier alpha value is -1.06. The molecule has 0 aromatic heterocycles. The lowest BCUT2D eigenvalue weighted by molar-refractivity contribution is -0.0354. The number of rotatable bonds is 6. The molecule has 0 saturated heterocycles. The molecule has 0 heterocycles. The third-order valence-corrected chi connectivity index (χ3v) is 4.06. The molecule has 0 saturated carbocycles. The monoisotopic (exact) mass is 293 g/mol. The van der Waals surface area contributed by atoms with Crippen LogP contribution < -0.4 is 10.1 Å². The van der Waals surface area contributed by atoms with E-state index in [1.54, 1.807) is 7.11 Å². The molecule has 2 unspecified atom stereocenters. The van der Waals surface area contributed by atoms with E-state index in [4.69, 9.17) is 9.47 Å². The summed E-state index contributed by atoms with van der Waals surface area (Å²) in [4.78, 5) is 0. The minimum Gasteiger partial charge on any atom is -0.496 e. The van der Waals surface area contributed by atoms with Gasteiger partial charge in [0.25, 0.3) is 0 Å². The number of benzene rings is 1. The Balaban J connectivity index is 3.35. The first-order valence-corrected chi connectivity index (χ1v) is 7.70. The summed E-state index contributed by atoms with van der Waals surface area (Å²) in [5.41, 5.74) is 3.64. The van der Waals surface area contributed by atoms with Crippen molar-refractivity contribution in [1.29, 1.82) is 0 Å². The van der Waals surface area contributed by atoms with Gasteiger partial charge in [0.2, 0.25) is 0 Å². The number of methoxy groups -OCH3 is 1. The van der Waals surface area contributed by atoms with Crippen molar-refractivity contribution in [2.45, 2.75) is 53.7 Å². The zero-order chi connectivity index (χ0) is 16.2. The summed E-state index contributed by atoms with van der Waals surface area (Å²) in [7, 11) is 3.72. The van der Waals surface area contributed by atoms with Crippen LogP contribution in [-0.4, -0.2) is 26.9 Å². The molecule has 3 nitrogen and oxygen atoms in total. The molecule has 1 aromatic rings. The van der Waals surface area contributed by atoms with Crippen molar-refractivity contribution in [2.24, 2.45) is 5.41 Å². The minimum atomic E-state index is 0.0352. The lowest BCUT2D eigenvalue weighted by Gasteiger charge is -2.37. The van der Waals surface area contributed by atoms with Crippen LogP contribution >= 0.6 is 0 Å². The summed E-state index contributed by atoms with van der Waals surface area (Å²) in [5, 5.41) is 3.43. The highest BCUT2D eigenvalue weighted by atomic mass is 16.5. The Bertz CT molecular complexity index is 463. The van der Waals surface area contributed by atoms with Crippen molar-refractivity contribution in [3.05, 3.63) is 28.8 Å². The zero-order valence-corrected chi connectivity index (χ0v) is 14.8. The van der Waals surface area contributed by atoms with Crippen molar-refractivity contribution < 1.29 is 9.47 Å². The Kier molecular flexibility index (Phi) is 6.24. The molecule has 2 atom stereocenters. The van der Waals surface area contributed by atoms with Gasteiger partial charge in [-0.3, -0.25) is 0 Å². The van der Waals surface area contributed by atoms with Crippen molar-refractivity contribution in [2.75, 3.05) is 20.8 Å². The van der Waals surface area contributed by atoms with Crippen molar-refractivity contribution >= 4 is 0 Å². The summed E-state index contributed by atoms with van der Waals surface area (Å²) in [6.07, 6.45) is 0.0727. The predicted molar refractivity (Wildman–Crippen MR) is 89.1 cm³/mol. The fraction of sp³-hybridized carbons (Fsp3) is 0.667. The van der Waals surface area contributed by atoms with E-state index < -0.39 is 0 Å². The molecule has 0 spiro atoms.